The van der Waals surface area contributed by atoms with E-state index in [1.54, 1.807) is 23.4 Å². The summed E-state index contributed by atoms with van der Waals surface area (Å²) in [7, 11) is 0. The number of anilines is 1. The molecule has 2 heterocycles. The number of hydrogen-bond acceptors (Lipinski definition) is 9. The minimum absolute atomic E-state index is 0.0135. The number of halogens is 1. The van der Waals surface area contributed by atoms with Gasteiger partial charge in [-0.1, -0.05) is 19.9 Å². The largest absolute Gasteiger partial charge is 0.397 e. The van der Waals surface area contributed by atoms with Crippen molar-refractivity contribution >= 4 is 17.4 Å². The maximum absolute atomic E-state index is 14.0. The van der Waals surface area contributed by atoms with E-state index >= 15 is 0 Å². The van der Waals surface area contributed by atoms with Crippen molar-refractivity contribution in [3.8, 4) is 0 Å². The third kappa shape index (κ3) is 7.22. The van der Waals surface area contributed by atoms with Crippen molar-refractivity contribution in [1.29, 1.82) is 0 Å². The van der Waals surface area contributed by atoms with Crippen LogP contribution in [0.5, 0.6) is 0 Å². The van der Waals surface area contributed by atoms with Gasteiger partial charge in [-0.05, 0) is 37.0 Å². The van der Waals surface area contributed by atoms with Gasteiger partial charge in [0.25, 0.3) is 0 Å². The number of ether oxygens (including phenoxy) is 1. The van der Waals surface area contributed by atoms with Crippen molar-refractivity contribution in [2.45, 2.75) is 32.7 Å². The van der Waals surface area contributed by atoms with Crippen LogP contribution in [-0.2, 0) is 4.74 Å². The summed E-state index contributed by atoms with van der Waals surface area (Å²) >= 11 is 0. The second-order valence-corrected chi connectivity index (χ2v) is 7.83. The SMILES string of the molecule is CC(C)/C=C\C(F)=C/CN(N)/C(=N\N)c1cc(/C(N)=C/N(N)C2CCOCC2)cnc1N. The Morgan fingerprint density at radius 3 is 2.66 bits per heavy atom. The van der Waals surface area contributed by atoms with Gasteiger partial charge in [0, 0.05) is 37.2 Å². The Labute approximate surface area is 188 Å². The Bertz CT molecular complexity index is 876. The van der Waals surface area contributed by atoms with Gasteiger partial charge in [-0.25, -0.2) is 21.1 Å². The molecule has 2 rings (SSSR count). The minimum Gasteiger partial charge on any atom is -0.397 e. The van der Waals surface area contributed by atoms with E-state index in [0.717, 1.165) is 12.8 Å². The molecule has 1 aromatic heterocycles. The smallest absolute Gasteiger partial charge is 0.173 e. The Hall–Kier alpha value is -3.15. The molecule has 0 aliphatic carbocycles. The number of pyridine rings is 1. The average Bonchev–Trinajstić information content (AvgIpc) is 2.78. The summed E-state index contributed by atoms with van der Waals surface area (Å²) in [6.07, 6.45) is 9.23. The van der Waals surface area contributed by atoms with Crippen LogP contribution in [0.3, 0.4) is 0 Å². The number of amidine groups is 1. The summed E-state index contributed by atoms with van der Waals surface area (Å²) in [5.41, 5.74) is 13.6. The average molecular weight is 448 g/mol. The standard InChI is InChI=1S/C21H34FN9O/c1-14(2)3-4-16(22)5-8-30(26)21(29-25)18-11-15(12-28-20(18)24)19(23)13-31(27)17-6-9-32-10-7-17/h3-5,11-14,17H,6-10,23,25-27H2,1-2H3,(H2,24,28)/b4-3-,16-5+,19-13-,29-21-. The highest BCUT2D eigenvalue weighted by molar-refractivity contribution is 6.02. The van der Waals surface area contributed by atoms with E-state index in [4.69, 9.17) is 33.7 Å². The number of aromatic nitrogens is 1. The fraction of sp³-hybridized carbons (Fsp3) is 0.429. The highest BCUT2D eigenvalue weighted by Crippen LogP contribution is 2.19. The Morgan fingerprint density at radius 2 is 2.03 bits per heavy atom. The monoisotopic (exact) mass is 447 g/mol. The molecule has 1 aromatic rings. The van der Waals surface area contributed by atoms with E-state index in [1.165, 1.54) is 23.4 Å². The molecule has 32 heavy (non-hydrogen) atoms. The number of nitrogens with zero attached hydrogens (tertiary/aromatic N) is 4. The quantitative estimate of drug-likeness (QED) is 0.129. The summed E-state index contributed by atoms with van der Waals surface area (Å²) in [5, 5.41) is 6.48. The topological polar surface area (TPSA) is 171 Å². The molecule has 10 N–H and O–H groups in total. The second-order valence-electron chi connectivity index (χ2n) is 7.83. The fourth-order valence-corrected chi connectivity index (χ4v) is 3.06. The van der Waals surface area contributed by atoms with Crippen LogP contribution in [0.4, 0.5) is 10.2 Å². The molecular formula is C21H34FN9O. The summed E-state index contributed by atoms with van der Waals surface area (Å²) in [6.45, 7) is 5.23. The first-order valence-electron chi connectivity index (χ1n) is 10.4. The van der Waals surface area contributed by atoms with Crippen LogP contribution in [-0.4, -0.2) is 46.6 Å². The van der Waals surface area contributed by atoms with Crippen LogP contribution in [0.1, 0.15) is 37.8 Å². The van der Waals surface area contributed by atoms with E-state index in [-0.39, 0.29) is 30.2 Å². The van der Waals surface area contributed by atoms with E-state index in [9.17, 15) is 4.39 Å². The molecule has 11 heteroatoms. The molecule has 0 radical (unpaired) electrons. The Balaban J connectivity index is 2.20. The Morgan fingerprint density at radius 1 is 1.34 bits per heavy atom. The first-order chi connectivity index (χ1) is 15.2. The lowest BCUT2D eigenvalue weighted by Gasteiger charge is -2.30. The molecule has 1 aliphatic heterocycles. The number of hydrazine groups is 2. The summed E-state index contributed by atoms with van der Waals surface area (Å²) in [6, 6.07) is 1.80. The van der Waals surface area contributed by atoms with Gasteiger partial charge in [-0.3, -0.25) is 5.01 Å². The molecule has 0 bridgehead atoms. The van der Waals surface area contributed by atoms with Gasteiger partial charge in [-0.15, -0.1) is 0 Å². The lowest BCUT2D eigenvalue weighted by molar-refractivity contribution is 0.0495. The summed E-state index contributed by atoms with van der Waals surface area (Å²) < 4.78 is 19.3. The van der Waals surface area contributed by atoms with E-state index in [2.05, 4.69) is 10.1 Å². The normalized spacial score (nSPS) is 16.8. The lowest BCUT2D eigenvalue weighted by Crippen LogP contribution is -2.41. The second kappa shape index (κ2) is 12.0. The van der Waals surface area contributed by atoms with Crippen molar-refractivity contribution in [3.05, 3.63) is 53.6 Å². The van der Waals surface area contributed by atoms with E-state index < -0.39 is 5.83 Å². The number of rotatable bonds is 8. The summed E-state index contributed by atoms with van der Waals surface area (Å²) in [5.74, 6) is 17.9. The molecule has 0 saturated carbocycles. The van der Waals surface area contributed by atoms with Crippen LogP contribution in [0.15, 0.2) is 47.6 Å². The van der Waals surface area contributed by atoms with Gasteiger partial charge in [0.1, 0.15) is 11.6 Å². The minimum atomic E-state index is -0.423. The predicted octanol–water partition coefficient (Wildman–Crippen LogP) is 1.14. The van der Waals surface area contributed by atoms with Crippen molar-refractivity contribution in [2.75, 3.05) is 25.5 Å². The fourth-order valence-electron chi connectivity index (χ4n) is 3.06. The zero-order valence-corrected chi connectivity index (χ0v) is 18.6. The Kier molecular flexibility index (Phi) is 9.44. The van der Waals surface area contributed by atoms with Crippen molar-refractivity contribution < 1.29 is 9.13 Å². The zero-order chi connectivity index (χ0) is 23.7. The number of allylic oxidation sites excluding steroid dienone is 3. The number of hydrogen-bond donors (Lipinski definition) is 5. The molecular weight excluding hydrogens is 413 g/mol. The van der Waals surface area contributed by atoms with E-state index in [0.29, 0.717) is 30.0 Å². The van der Waals surface area contributed by atoms with Gasteiger partial charge < -0.3 is 27.1 Å². The highest BCUT2D eigenvalue weighted by atomic mass is 19.1. The molecule has 1 saturated heterocycles. The third-order valence-electron chi connectivity index (χ3n) is 4.91. The maximum Gasteiger partial charge on any atom is 0.173 e. The van der Waals surface area contributed by atoms with Gasteiger partial charge in [0.05, 0.1) is 17.8 Å². The molecule has 0 unspecified atom stereocenters. The highest BCUT2D eigenvalue weighted by Gasteiger charge is 2.19. The van der Waals surface area contributed by atoms with Crippen LogP contribution >= 0.6 is 0 Å². The number of nitrogens with two attached hydrogens (primary N) is 5. The summed E-state index contributed by atoms with van der Waals surface area (Å²) in [4.78, 5) is 4.17. The van der Waals surface area contributed by atoms with Crippen LogP contribution < -0.4 is 29.0 Å². The molecule has 176 valence electrons. The number of hydrazone groups is 1. The number of nitrogen functional groups attached to an aromatic ring is 1. The molecule has 0 spiro atoms. The molecule has 0 amide bonds. The van der Waals surface area contributed by atoms with Crippen LogP contribution in [0, 0.1) is 5.92 Å². The van der Waals surface area contributed by atoms with Gasteiger partial charge in [0.15, 0.2) is 5.84 Å². The predicted molar refractivity (Wildman–Crippen MR) is 125 cm³/mol. The van der Waals surface area contributed by atoms with Crippen molar-refractivity contribution in [2.24, 2.45) is 34.3 Å². The van der Waals surface area contributed by atoms with Crippen molar-refractivity contribution in [1.82, 2.24) is 15.0 Å². The van der Waals surface area contributed by atoms with Crippen LogP contribution in [0.2, 0.25) is 0 Å². The molecule has 1 aliphatic rings. The van der Waals surface area contributed by atoms with Gasteiger partial charge >= 0.3 is 0 Å². The molecule has 0 atom stereocenters. The molecule has 0 aromatic carbocycles. The van der Waals surface area contributed by atoms with Crippen LogP contribution in [0.25, 0.3) is 5.70 Å². The molecule has 10 nitrogen and oxygen atoms in total. The third-order valence-corrected chi connectivity index (χ3v) is 4.91. The molecule has 1 fully saturated rings. The van der Waals surface area contributed by atoms with Gasteiger partial charge in [-0.2, -0.15) is 5.10 Å². The zero-order valence-electron chi connectivity index (χ0n) is 18.6. The first-order valence-corrected chi connectivity index (χ1v) is 10.4. The maximum atomic E-state index is 14.0. The van der Waals surface area contributed by atoms with Gasteiger partial charge in [0.2, 0.25) is 0 Å². The lowest BCUT2D eigenvalue weighted by atomic mass is 10.1. The van der Waals surface area contributed by atoms with E-state index in [1.807, 2.05) is 13.8 Å². The first kappa shape index (κ1) is 25.1. The van der Waals surface area contributed by atoms with Crippen molar-refractivity contribution in [3.63, 3.8) is 0 Å².